The molecule has 0 aliphatic carbocycles. The molecule has 0 fully saturated rings. The molecule has 0 saturated heterocycles. The van der Waals surface area contributed by atoms with Crippen LogP contribution in [0, 0.1) is 5.21 Å². The Bertz CT molecular complexity index is 514. The molecule has 0 aromatic heterocycles. The maximum Gasteiger partial charge on any atom is 0.163 e. The van der Waals surface area contributed by atoms with Gasteiger partial charge in [0.2, 0.25) is 0 Å². The standard InChI is InChI=1S/C14H14ClNO2S/c15-13-5-1-11(2-6-13)9-19-10-12-3-7-14(8-4-12)16(17)18/h1-8,16-17H,9-10H2. The molecule has 0 aliphatic rings. The number of benzene rings is 2. The van der Waals surface area contributed by atoms with Gasteiger partial charge < -0.3 is 5.21 Å². The van der Waals surface area contributed by atoms with Crippen LogP contribution in [0.4, 0.5) is 5.69 Å². The molecule has 100 valence electrons. The Morgan fingerprint density at radius 1 is 0.947 bits per heavy atom. The van der Waals surface area contributed by atoms with Gasteiger partial charge in [0.15, 0.2) is 5.69 Å². The molecular formula is C14H14ClNO2S. The zero-order chi connectivity index (χ0) is 13.7. The van der Waals surface area contributed by atoms with Crippen LogP contribution in [0.5, 0.6) is 0 Å². The Morgan fingerprint density at radius 3 is 1.89 bits per heavy atom. The van der Waals surface area contributed by atoms with Crippen LogP contribution in [0.15, 0.2) is 48.5 Å². The first kappa shape index (κ1) is 14.4. The third-order valence-electron chi connectivity index (χ3n) is 2.65. The summed E-state index contributed by atoms with van der Waals surface area (Å²) in [5.41, 5.74) is 2.69. The van der Waals surface area contributed by atoms with E-state index in [1.54, 1.807) is 23.9 Å². The Labute approximate surface area is 121 Å². The van der Waals surface area contributed by atoms with Crippen molar-refractivity contribution in [3.8, 4) is 0 Å². The molecule has 0 aliphatic heterocycles. The SMILES string of the molecule is [O-][NH+](O)c1ccc(CSCc2ccc(Cl)cc2)cc1. The summed E-state index contributed by atoms with van der Waals surface area (Å²) < 4.78 is 0. The van der Waals surface area contributed by atoms with Crippen LogP contribution in [-0.2, 0) is 11.5 Å². The minimum Gasteiger partial charge on any atom is -0.595 e. The minimum absolute atomic E-state index is 0.325. The fourth-order valence-electron chi connectivity index (χ4n) is 1.61. The van der Waals surface area contributed by atoms with Crippen LogP contribution in [0.25, 0.3) is 0 Å². The van der Waals surface area contributed by atoms with Crippen molar-refractivity contribution in [3.63, 3.8) is 0 Å². The van der Waals surface area contributed by atoms with Crippen molar-refractivity contribution in [1.82, 2.24) is 0 Å². The van der Waals surface area contributed by atoms with Gasteiger partial charge in [-0.15, -0.1) is 0 Å². The number of quaternary nitrogens is 1. The summed E-state index contributed by atoms with van der Waals surface area (Å²) in [4.78, 5) is 0. The number of nitrogens with one attached hydrogen (secondary N) is 1. The number of hydrogen-bond acceptors (Lipinski definition) is 3. The Morgan fingerprint density at radius 2 is 1.42 bits per heavy atom. The van der Waals surface area contributed by atoms with Crippen LogP contribution >= 0.6 is 23.4 Å². The molecule has 3 nitrogen and oxygen atoms in total. The van der Waals surface area contributed by atoms with E-state index in [0.717, 1.165) is 22.1 Å². The molecule has 2 aromatic carbocycles. The van der Waals surface area contributed by atoms with E-state index in [1.807, 2.05) is 36.4 Å². The zero-order valence-electron chi connectivity index (χ0n) is 10.2. The predicted molar refractivity (Wildman–Crippen MR) is 78.7 cm³/mol. The van der Waals surface area contributed by atoms with Gasteiger partial charge >= 0.3 is 0 Å². The lowest BCUT2D eigenvalue weighted by Gasteiger charge is -2.11. The minimum atomic E-state index is -0.889. The lowest BCUT2D eigenvalue weighted by molar-refractivity contribution is -0.991. The Hall–Kier alpha value is -1.04. The van der Waals surface area contributed by atoms with E-state index >= 15 is 0 Å². The molecule has 2 N–H and O–H groups in total. The Balaban J connectivity index is 1.83. The van der Waals surface area contributed by atoms with Gasteiger partial charge in [-0.1, -0.05) is 35.9 Å². The number of halogens is 1. The van der Waals surface area contributed by atoms with Crippen LogP contribution in [0.3, 0.4) is 0 Å². The van der Waals surface area contributed by atoms with Gasteiger partial charge in [0.25, 0.3) is 0 Å². The second-order valence-corrected chi connectivity index (χ2v) is 5.54. The van der Waals surface area contributed by atoms with E-state index < -0.39 is 5.23 Å². The summed E-state index contributed by atoms with van der Waals surface area (Å²) in [6.07, 6.45) is 0. The third kappa shape index (κ3) is 4.53. The first-order valence-corrected chi connectivity index (χ1v) is 7.33. The van der Waals surface area contributed by atoms with Crippen molar-refractivity contribution in [3.05, 3.63) is 69.9 Å². The van der Waals surface area contributed by atoms with E-state index in [2.05, 4.69) is 0 Å². The van der Waals surface area contributed by atoms with Gasteiger partial charge in [0, 0.05) is 28.7 Å². The second-order valence-electron chi connectivity index (χ2n) is 4.12. The summed E-state index contributed by atoms with van der Waals surface area (Å²) in [5, 5.41) is 19.4. The maximum atomic E-state index is 10.7. The van der Waals surface area contributed by atoms with Crippen LogP contribution in [-0.4, -0.2) is 5.21 Å². The molecule has 0 saturated carbocycles. The lowest BCUT2D eigenvalue weighted by atomic mass is 10.2. The van der Waals surface area contributed by atoms with Gasteiger partial charge in [-0.05, 0) is 23.3 Å². The average Bonchev–Trinajstić information content (AvgIpc) is 2.41. The maximum absolute atomic E-state index is 10.7. The summed E-state index contributed by atoms with van der Waals surface area (Å²) in [6.45, 7) is 0. The van der Waals surface area contributed by atoms with Crippen molar-refractivity contribution in [2.75, 3.05) is 0 Å². The van der Waals surface area contributed by atoms with E-state index in [1.165, 1.54) is 5.56 Å². The molecule has 1 unspecified atom stereocenters. The van der Waals surface area contributed by atoms with Crippen molar-refractivity contribution in [2.24, 2.45) is 0 Å². The predicted octanol–water partition coefficient (Wildman–Crippen LogP) is 3.18. The number of rotatable bonds is 5. The fourth-order valence-corrected chi connectivity index (χ4v) is 2.70. The molecule has 1 atom stereocenters. The molecule has 5 heteroatoms. The largest absolute Gasteiger partial charge is 0.595 e. The highest BCUT2D eigenvalue weighted by atomic mass is 35.5. The van der Waals surface area contributed by atoms with E-state index in [-0.39, 0.29) is 0 Å². The topological polar surface area (TPSA) is 47.7 Å². The third-order valence-corrected chi connectivity index (χ3v) is 3.98. The molecule has 2 aromatic rings. The van der Waals surface area contributed by atoms with E-state index in [9.17, 15) is 5.21 Å². The summed E-state index contributed by atoms with van der Waals surface area (Å²) in [5.74, 6) is 1.78. The van der Waals surface area contributed by atoms with Crippen LogP contribution in [0.1, 0.15) is 11.1 Å². The van der Waals surface area contributed by atoms with Crippen molar-refractivity contribution in [2.45, 2.75) is 11.5 Å². The molecule has 0 spiro atoms. The number of hydrogen-bond donors (Lipinski definition) is 2. The molecule has 2 rings (SSSR count). The normalized spacial score (nSPS) is 12.4. The molecule has 19 heavy (non-hydrogen) atoms. The summed E-state index contributed by atoms with van der Waals surface area (Å²) >= 11 is 7.62. The van der Waals surface area contributed by atoms with Gasteiger partial charge in [-0.2, -0.15) is 17.0 Å². The first-order valence-electron chi connectivity index (χ1n) is 5.79. The van der Waals surface area contributed by atoms with Crippen LogP contribution < -0.4 is 5.23 Å². The molecule has 0 heterocycles. The van der Waals surface area contributed by atoms with Gasteiger partial charge in [-0.3, -0.25) is 0 Å². The lowest BCUT2D eigenvalue weighted by Crippen LogP contribution is -2.99. The molecule has 0 radical (unpaired) electrons. The first-order chi connectivity index (χ1) is 9.15. The van der Waals surface area contributed by atoms with E-state index in [4.69, 9.17) is 16.8 Å². The monoisotopic (exact) mass is 295 g/mol. The smallest absolute Gasteiger partial charge is 0.163 e. The average molecular weight is 296 g/mol. The summed E-state index contributed by atoms with van der Waals surface area (Å²) in [6, 6.07) is 14.8. The highest BCUT2D eigenvalue weighted by Gasteiger charge is 2.00. The second kappa shape index (κ2) is 6.93. The molecule has 0 amide bonds. The summed E-state index contributed by atoms with van der Waals surface area (Å²) in [7, 11) is 0. The molecule has 0 bridgehead atoms. The quantitative estimate of drug-likeness (QED) is 0.833. The van der Waals surface area contributed by atoms with Gasteiger partial charge in [-0.25, -0.2) is 5.21 Å². The van der Waals surface area contributed by atoms with Gasteiger partial charge in [0.05, 0.1) is 0 Å². The highest BCUT2D eigenvalue weighted by Crippen LogP contribution is 2.19. The van der Waals surface area contributed by atoms with Crippen LogP contribution in [0.2, 0.25) is 5.02 Å². The van der Waals surface area contributed by atoms with Crippen molar-refractivity contribution >= 4 is 29.1 Å². The molecular weight excluding hydrogens is 282 g/mol. The zero-order valence-corrected chi connectivity index (χ0v) is 11.7. The fraction of sp³-hybridized carbons (Fsp3) is 0.143. The van der Waals surface area contributed by atoms with Crippen molar-refractivity contribution < 1.29 is 10.4 Å². The van der Waals surface area contributed by atoms with E-state index in [0.29, 0.717) is 5.69 Å². The van der Waals surface area contributed by atoms with Gasteiger partial charge in [0.1, 0.15) is 0 Å². The Kier molecular flexibility index (Phi) is 5.24. The van der Waals surface area contributed by atoms with Crippen molar-refractivity contribution in [1.29, 1.82) is 0 Å². The highest BCUT2D eigenvalue weighted by molar-refractivity contribution is 7.97. The number of thioether (sulfide) groups is 1.